The summed E-state index contributed by atoms with van der Waals surface area (Å²) in [7, 11) is 2.93. The molecule has 0 saturated carbocycles. The molecule has 0 bridgehead atoms. The zero-order chi connectivity index (χ0) is 19.1. The predicted octanol–water partition coefficient (Wildman–Crippen LogP) is 2.76. The summed E-state index contributed by atoms with van der Waals surface area (Å²) in [4.78, 5) is 24.6. The van der Waals surface area contributed by atoms with Gasteiger partial charge in [-0.15, -0.1) is 0 Å². The molecule has 26 heavy (non-hydrogen) atoms. The maximum absolute atomic E-state index is 12.3. The summed E-state index contributed by atoms with van der Waals surface area (Å²) in [5.74, 6) is -0.387. The monoisotopic (exact) mass is 354 g/mol. The number of hydrogen-bond acceptors (Lipinski definition) is 6. The van der Waals surface area contributed by atoms with Crippen molar-refractivity contribution in [2.24, 2.45) is 0 Å². The van der Waals surface area contributed by atoms with Crippen molar-refractivity contribution in [3.63, 3.8) is 0 Å². The minimum absolute atomic E-state index is 0.193. The Morgan fingerprint density at radius 2 is 1.69 bits per heavy atom. The second-order valence-corrected chi connectivity index (χ2v) is 5.30. The highest BCUT2D eigenvalue weighted by Gasteiger charge is 2.21. The average Bonchev–Trinajstić information content (AvgIpc) is 2.67. The van der Waals surface area contributed by atoms with Crippen LogP contribution in [0.3, 0.4) is 0 Å². The van der Waals surface area contributed by atoms with Crippen LogP contribution in [0.15, 0.2) is 42.5 Å². The van der Waals surface area contributed by atoms with Gasteiger partial charge < -0.3 is 19.5 Å². The van der Waals surface area contributed by atoms with E-state index < -0.39 is 18.0 Å². The largest absolute Gasteiger partial charge is 0.497 e. The van der Waals surface area contributed by atoms with Gasteiger partial charge in [0.25, 0.3) is 5.91 Å². The molecule has 0 radical (unpaired) electrons. The van der Waals surface area contributed by atoms with Crippen molar-refractivity contribution >= 4 is 17.6 Å². The first-order chi connectivity index (χ1) is 12.5. The van der Waals surface area contributed by atoms with E-state index in [1.165, 1.54) is 33.3 Å². The number of esters is 1. The van der Waals surface area contributed by atoms with E-state index in [9.17, 15) is 9.59 Å². The summed E-state index contributed by atoms with van der Waals surface area (Å²) in [6.07, 6.45) is -1.06. The first-order valence-electron chi connectivity index (χ1n) is 7.72. The molecule has 1 amide bonds. The number of carbonyl (C=O) groups excluding carboxylic acids is 2. The lowest BCUT2D eigenvalue weighted by atomic mass is 10.2. The van der Waals surface area contributed by atoms with Crippen LogP contribution in [-0.2, 0) is 9.53 Å². The molecule has 7 nitrogen and oxygen atoms in total. The van der Waals surface area contributed by atoms with Gasteiger partial charge in [-0.1, -0.05) is 12.1 Å². The van der Waals surface area contributed by atoms with E-state index in [0.717, 1.165) is 0 Å². The van der Waals surface area contributed by atoms with Crippen molar-refractivity contribution in [2.45, 2.75) is 13.0 Å². The van der Waals surface area contributed by atoms with Gasteiger partial charge in [0.2, 0.25) is 0 Å². The number of anilines is 1. The molecule has 0 unspecified atom stereocenters. The molecule has 1 N–H and O–H groups in total. The van der Waals surface area contributed by atoms with Gasteiger partial charge in [-0.05, 0) is 31.2 Å². The molecule has 2 aromatic carbocycles. The molecule has 7 heteroatoms. The van der Waals surface area contributed by atoms with Crippen molar-refractivity contribution in [3.05, 3.63) is 53.6 Å². The summed E-state index contributed by atoms with van der Waals surface area (Å²) in [6, 6.07) is 13.1. The number of amides is 1. The summed E-state index contributed by atoms with van der Waals surface area (Å²) in [5.41, 5.74) is 0.862. The lowest BCUT2D eigenvalue weighted by Gasteiger charge is -2.15. The Labute approximate surface area is 151 Å². The third-order valence-electron chi connectivity index (χ3n) is 3.55. The maximum Gasteiger partial charge on any atom is 0.339 e. The second-order valence-electron chi connectivity index (χ2n) is 5.30. The number of rotatable bonds is 6. The Morgan fingerprint density at radius 3 is 2.27 bits per heavy atom. The number of para-hydroxylation sites is 1. The van der Waals surface area contributed by atoms with Crippen molar-refractivity contribution in [1.29, 1.82) is 5.26 Å². The molecular formula is C19H18N2O5. The van der Waals surface area contributed by atoms with Gasteiger partial charge in [-0.25, -0.2) is 4.79 Å². The number of benzene rings is 2. The van der Waals surface area contributed by atoms with E-state index in [0.29, 0.717) is 22.7 Å². The number of carbonyl (C=O) groups is 2. The number of methoxy groups -OCH3 is 2. The van der Waals surface area contributed by atoms with Crippen LogP contribution in [0.4, 0.5) is 5.69 Å². The lowest BCUT2D eigenvalue weighted by Crippen LogP contribution is -2.30. The third kappa shape index (κ3) is 4.51. The Morgan fingerprint density at radius 1 is 1.08 bits per heavy atom. The van der Waals surface area contributed by atoms with Crippen LogP contribution in [0.25, 0.3) is 0 Å². The first-order valence-corrected chi connectivity index (χ1v) is 7.72. The third-order valence-corrected chi connectivity index (χ3v) is 3.55. The molecule has 0 heterocycles. The minimum Gasteiger partial charge on any atom is -0.497 e. The Kier molecular flexibility index (Phi) is 6.17. The molecule has 2 aromatic rings. The molecule has 0 fully saturated rings. The number of nitrogens with one attached hydrogen (secondary N) is 1. The zero-order valence-corrected chi connectivity index (χ0v) is 14.6. The highest BCUT2D eigenvalue weighted by atomic mass is 16.5. The fourth-order valence-electron chi connectivity index (χ4n) is 2.13. The Bertz CT molecular complexity index is 835. The summed E-state index contributed by atoms with van der Waals surface area (Å²) in [6.45, 7) is 1.44. The molecule has 134 valence electrons. The van der Waals surface area contributed by atoms with Gasteiger partial charge in [0, 0.05) is 6.07 Å². The number of hydrogen-bond donors (Lipinski definition) is 1. The molecule has 0 saturated heterocycles. The first kappa shape index (κ1) is 18.8. The summed E-state index contributed by atoms with van der Waals surface area (Å²) >= 11 is 0. The van der Waals surface area contributed by atoms with E-state index in [2.05, 4.69) is 5.32 Å². The van der Waals surface area contributed by atoms with Gasteiger partial charge in [-0.3, -0.25) is 4.79 Å². The van der Waals surface area contributed by atoms with Crippen molar-refractivity contribution in [3.8, 4) is 17.6 Å². The zero-order valence-electron chi connectivity index (χ0n) is 14.6. The summed E-state index contributed by atoms with van der Waals surface area (Å²) in [5, 5.41) is 11.6. The van der Waals surface area contributed by atoms with Crippen LogP contribution >= 0.6 is 0 Å². The van der Waals surface area contributed by atoms with E-state index >= 15 is 0 Å². The normalized spacial score (nSPS) is 11.0. The maximum atomic E-state index is 12.3. The van der Waals surface area contributed by atoms with E-state index in [1.54, 1.807) is 30.3 Å². The van der Waals surface area contributed by atoms with Crippen LogP contribution in [0.5, 0.6) is 11.5 Å². The molecule has 1 atom stereocenters. The summed E-state index contributed by atoms with van der Waals surface area (Å²) < 4.78 is 15.4. The standard InChI is InChI=1S/C19H18N2O5/c1-12(18(22)21-17-7-5-4-6-13(17)11-20)26-19(23)14-8-15(24-2)10-16(9-14)25-3/h4-10,12H,1-3H3,(H,21,22)/t12-/m1/s1. The molecule has 0 aliphatic heterocycles. The van der Waals surface area contributed by atoms with Crippen molar-refractivity contribution < 1.29 is 23.8 Å². The number of nitriles is 1. The van der Waals surface area contributed by atoms with Crippen LogP contribution < -0.4 is 14.8 Å². The van der Waals surface area contributed by atoms with Gasteiger partial charge in [0.15, 0.2) is 6.10 Å². The Balaban J connectivity index is 2.09. The highest BCUT2D eigenvalue weighted by molar-refractivity contribution is 5.98. The van der Waals surface area contributed by atoms with Gasteiger partial charge in [-0.2, -0.15) is 5.26 Å². The van der Waals surface area contributed by atoms with Crippen LogP contribution in [0.1, 0.15) is 22.8 Å². The lowest BCUT2D eigenvalue weighted by molar-refractivity contribution is -0.123. The highest BCUT2D eigenvalue weighted by Crippen LogP contribution is 2.23. The second kappa shape index (κ2) is 8.53. The number of nitrogens with zero attached hydrogens (tertiary/aromatic N) is 1. The molecule has 0 aromatic heterocycles. The fraction of sp³-hybridized carbons (Fsp3) is 0.211. The van der Waals surface area contributed by atoms with Gasteiger partial charge in [0.1, 0.15) is 17.6 Å². The van der Waals surface area contributed by atoms with Crippen molar-refractivity contribution in [1.82, 2.24) is 0 Å². The predicted molar refractivity (Wildman–Crippen MR) is 94.2 cm³/mol. The Hall–Kier alpha value is -3.53. The minimum atomic E-state index is -1.06. The topological polar surface area (TPSA) is 97.7 Å². The van der Waals surface area contributed by atoms with Crippen LogP contribution in [-0.4, -0.2) is 32.2 Å². The van der Waals surface area contributed by atoms with Gasteiger partial charge in [0.05, 0.1) is 31.0 Å². The molecule has 0 aliphatic carbocycles. The van der Waals surface area contributed by atoms with E-state index in [-0.39, 0.29) is 5.56 Å². The quantitative estimate of drug-likeness (QED) is 0.801. The number of ether oxygens (including phenoxy) is 3. The van der Waals surface area contributed by atoms with E-state index in [1.807, 2.05) is 6.07 Å². The SMILES string of the molecule is COc1cc(OC)cc(C(=O)O[C@H](C)C(=O)Nc2ccccc2C#N)c1. The fourth-order valence-corrected chi connectivity index (χ4v) is 2.13. The van der Waals surface area contributed by atoms with Crippen LogP contribution in [0.2, 0.25) is 0 Å². The average molecular weight is 354 g/mol. The molecule has 2 rings (SSSR count). The van der Waals surface area contributed by atoms with Crippen molar-refractivity contribution in [2.75, 3.05) is 19.5 Å². The van der Waals surface area contributed by atoms with Crippen LogP contribution in [0, 0.1) is 11.3 Å². The molecule has 0 aliphatic rings. The molecular weight excluding hydrogens is 336 g/mol. The van der Waals surface area contributed by atoms with Gasteiger partial charge >= 0.3 is 5.97 Å². The smallest absolute Gasteiger partial charge is 0.339 e. The molecule has 0 spiro atoms. The van der Waals surface area contributed by atoms with E-state index in [4.69, 9.17) is 19.5 Å².